The van der Waals surface area contributed by atoms with Gasteiger partial charge in [-0.15, -0.1) is 24.8 Å². The van der Waals surface area contributed by atoms with Crippen molar-refractivity contribution in [2.75, 3.05) is 25.5 Å². The first-order valence-electron chi connectivity index (χ1n) is 8.28. The zero-order chi connectivity index (χ0) is 16.8. The molecule has 1 atom stereocenters. The number of halogens is 2. The number of nitrogens with one attached hydrogen (secondary N) is 3. The van der Waals surface area contributed by atoms with Gasteiger partial charge in [0.2, 0.25) is 0 Å². The van der Waals surface area contributed by atoms with Crippen LogP contribution in [0.2, 0.25) is 0 Å². The Morgan fingerprint density at radius 2 is 1.96 bits per heavy atom. The largest absolute Gasteiger partial charge is 0.497 e. The number of ether oxygens (including phenoxy) is 1. The van der Waals surface area contributed by atoms with Gasteiger partial charge in [-0.05, 0) is 43.7 Å². The van der Waals surface area contributed by atoms with Crippen LogP contribution < -0.4 is 20.7 Å². The molecule has 2 aromatic carbocycles. The molecule has 0 unspecified atom stereocenters. The van der Waals surface area contributed by atoms with Gasteiger partial charge in [-0.2, -0.15) is 0 Å². The minimum Gasteiger partial charge on any atom is -0.497 e. The molecule has 142 valence electrons. The fourth-order valence-corrected chi connectivity index (χ4v) is 2.88. The maximum atomic E-state index is 12.6. The third-order valence-electron chi connectivity index (χ3n) is 4.15. The SMILES string of the molecule is COc1cccc(Nc2ccccc2C(=O)N[C@H]2CCCNC2)c1.Cl.Cl. The second-order valence-electron chi connectivity index (χ2n) is 5.92. The van der Waals surface area contributed by atoms with Gasteiger partial charge in [0.15, 0.2) is 0 Å². The Balaban J connectivity index is 0.00000169. The molecule has 0 spiro atoms. The van der Waals surface area contributed by atoms with Crippen molar-refractivity contribution in [1.82, 2.24) is 10.6 Å². The van der Waals surface area contributed by atoms with Crippen LogP contribution in [0.25, 0.3) is 0 Å². The van der Waals surface area contributed by atoms with Crippen molar-refractivity contribution in [2.45, 2.75) is 18.9 Å². The Morgan fingerprint density at radius 3 is 2.69 bits per heavy atom. The monoisotopic (exact) mass is 397 g/mol. The number of piperidine rings is 1. The van der Waals surface area contributed by atoms with E-state index in [2.05, 4.69) is 16.0 Å². The Bertz CT molecular complexity index is 707. The summed E-state index contributed by atoms with van der Waals surface area (Å²) in [5.74, 6) is 0.727. The van der Waals surface area contributed by atoms with E-state index in [1.807, 2.05) is 48.5 Å². The van der Waals surface area contributed by atoms with Crippen LogP contribution in [0.4, 0.5) is 11.4 Å². The molecule has 0 bridgehead atoms. The van der Waals surface area contributed by atoms with Gasteiger partial charge in [-0.3, -0.25) is 4.79 Å². The average Bonchev–Trinajstić information content (AvgIpc) is 2.63. The van der Waals surface area contributed by atoms with Crippen LogP contribution in [0.15, 0.2) is 48.5 Å². The van der Waals surface area contributed by atoms with Crippen LogP contribution in [0.5, 0.6) is 5.75 Å². The van der Waals surface area contributed by atoms with Crippen molar-refractivity contribution in [3.63, 3.8) is 0 Å². The van der Waals surface area contributed by atoms with E-state index in [0.717, 1.165) is 43.1 Å². The summed E-state index contributed by atoms with van der Waals surface area (Å²) < 4.78 is 5.24. The fraction of sp³-hybridized carbons (Fsp3) is 0.316. The molecule has 0 saturated carbocycles. The van der Waals surface area contributed by atoms with Crippen molar-refractivity contribution in [3.05, 3.63) is 54.1 Å². The van der Waals surface area contributed by atoms with E-state index in [1.54, 1.807) is 7.11 Å². The van der Waals surface area contributed by atoms with Crippen molar-refractivity contribution in [1.29, 1.82) is 0 Å². The van der Waals surface area contributed by atoms with Crippen LogP contribution in [0.1, 0.15) is 23.2 Å². The number of hydrogen-bond acceptors (Lipinski definition) is 4. The summed E-state index contributed by atoms with van der Waals surface area (Å²) in [6, 6.07) is 15.4. The predicted molar refractivity (Wildman–Crippen MR) is 111 cm³/mol. The minimum atomic E-state index is -0.0466. The topological polar surface area (TPSA) is 62.4 Å². The number of amides is 1. The number of methoxy groups -OCH3 is 1. The van der Waals surface area contributed by atoms with Gasteiger partial charge in [0, 0.05) is 24.3 Å². The Labute approximate surface area is 166 Å². The maximum Gasteiger partial charge on any atom is 0.253 e. The Hall–Kier alpha value is -1.95. The molecule has 7 heteroatoms. The Morgan fingerprint density at radius 1 is 1.15 bits per heavy atom. The van der Waals surface area contributed by atoms with Crippen molar-refractivity contribution >= 4 is 42.1 Å². The summed E-state index contributed by atoms with van der Waals surface area (Å²) in [7, 11) is 1.64. The summed E-state index contributed by atoms with van der Waals surface area (Å²) >= 11 is 0. The van der Waals surface area contributed by atoms with Gasteiger partial charge in [0.25, 0.3) is 5.91 Å². The van der Waals surface area contributed by atoms with Crippen molar-refractivity contribution in [2.24, 2.45) is 0 Å². The summed E-state index contributed by atoms with van der Waals surface area (Å²) in [6.45, 7) is 1.86. The number of carbonyl (C=O) groups excluding carboxylic acids is 1. The fourth-order valence-electron chi connectivity index (χ4n) is 2.88. The highest BCUT2D eigenvalue weighted by molar-refractivity contribution is 6.00. The molecular formula is C19H25Cl2N3O2. The number of carbonyl (C=O) groups is 1. The zero-order valence-electron chi connectivity index (χ0n) is 14.7. The third kappa shape index (κ3) is 5.80. The molecule has 1 amide bonds. The van der Waals surface area contributed by atoms with Crippen molar-refractivity contribution < 1.29 is 9.53 Å². The van der Waals surface area contributed by atoms with Gasteiger partial charge in [-0.25, -0.2) is 0 Å². The van der Waals surface area contributed by atoms with Crippen LogP contribution in [0.3, 0.4) is 0 Å². The highest BCUT2D eigenvalue weighted by Crippen LogP contribution is 2.24. The summed E-state index contributed by atoms with van der Waals surface area (Å²) in [5.41, 5.74) is 2.31. The van der Waals surface area contributed by atoms with E-state index < -0.39 is 0 Å². The normalized spacial score (nSPS) is 15.8. The molecule has 26 heavy (non-hydrogen) atoms. The number of para-hydroxylation sites is 1. The molecule has 1 aliphatic rings. The lowest BCUT2D eigenvalue weighted by Gasteiger charge is -2.24. The molecule has 2 aromatic rings. The first kappa shape index (κ1) is 22.1. The molecular weight excluding hydrogens is 373 g/mol. The lowest BCUT2D eigenvalue weighted by Crippen LogP contribution is -2.45. The van der Waals surface area contributed by atoms with Crippen LogP contribution in [-0.4, -0.2) is 32.1 Å². The second-order valence-corrected chi connectivity index (χ2v) is 5.92. The van der Waals surface area contributed by atoms with Gasteiger partial charge >= 0.3 is 0 Å². The van der Waals surface area contributed by atoms with Gasteiger partial charge < -0.3 is 20.7 Å². The molecule has 1 saturated heterocycles. The number of rotatable bonds is 5. The van der Waals surface area contributed by atoms with E-state index in [0.29, 0.717) is 5.56 Å². The zero-order valence-corrected chi connectivity index (χ0v) is 16.3. The second kappa shape index (κ2) is 10.9. The highest BCUT2D eigenvalue weighted by atomic mass is 35.5. The first-order valence-corrected chi connectivity index (χ1v) is 8.28. The molecule has 1 aliphatic heterocycles. The molecule has 0 aromatic heterocycles. The number of hydrogen-bond donors (Lipinski definition) is 3. The average molecular weight is 398 g/mol. The number of anilines is 2. The van der Waals surface area contributed by atoms with E-state index in [-0.39, 0.29) is 36.8 Å². The molecule has 3 N–H and O–H groups in total. The highest BCUT2D eigenvalue weighted by Gasteiger charge is 2.18. The molecule has 3 rings (SSSR count). The lowest BCUT2D eigenvalue weighted by molar-refractivity contribution is 0.0931. The van der Waals surface area contributed by atoms with Gasteiger partial charge in [0.1, 0.15) is 5.75 Å². The summed E-state index contributed by atoms with van der Waals surface area (Å²) in [6.07, 6.45) is 2.11. The molecule has 0 radical (unpaired) electrons. The molecule has 5 nitrogen and oxygen atoms in total. The summed E-state index contributed by atoms with van der Waals surface area (Å²) in [5, 5.41) is 9.74. The molecule has 1 heterocycles. The van der Waals surface area contributed by atoms with Crippen LogP contribution >= 0.6 is 24.8 Å². The first-order chi connectivity index (χ1) is 11.8. The molecule has 0 aliphatic carbocycles. The van der Waals surface area contributed by atoms with Crippen molar-refractivity contribution in [3.8, 4) is 5.75 Å². The van der Waals surface area contributed by atoms with E-state index >= 15 is 0 Å². The standard InChI is InChI=1S/C19H23N3O2.2ClH/c1-24-16-8-4-6-14(12-16)21-18-10-3-2-9-17(18)19(23)22-15-7-5-11-20-13-15;;/h2-4,6,8-10,12,15,20-21H,5,7,11,13H2,1H3,(H,22,23);2*1H/t15-;;/m0../s1. The van der Waals surface area contributed by atoms with Gasteiger partial charge in [-0.1, -0.05) is 18.2 Å². The molecule has 1 fully saturated rings. The smallest absolute Gasteiger partial charge is 0.253 e. The van der Waals surface area contributed by atoms with Crippen LogP contribution in [-0.2, 0) is 0 Å². The van der Waals surface area contributed by atoms with Gasteiger partial charge in [0.05, 0.1) is 18.4 Å². The van der Waals surface area contributed by atoms with E-state index in [9.17, 15) is 4.79 Å². The maximum absolute atomic E-state index is 12.6. The lowest BCUT2D eigenvalue weighted by atomic mass is 10.1. The predicted octanol–water partition coefficient (Wildman–Crippen LogP) is 3.76. The number of benzene rings is 2. The Kier molecular flexibility index (Phi) is 9.27. The minimum absolute atomic E-state index is 0. The van der Waals surface area contributed by atoms with Crippen LogP contribution in [0, 0.1) is 0 Å². The third-order valence-corrected chi connectivity index (χ3v) is 4.15. The quantitative estimate of drug-likeness (QED) is 0.718. The van der Waals surface area contributed by atoms with E-state index in [1.165, 1.54) is 0 Å². The summed E-state index contributed by atoms with van der Waals surface area (Å²) in [4.78, 5) is 12.6. The van der Waals surface area contributed by atoms with E-state index in [4.69, 9.17) is 4.74 Å².